The average molecular weight is 248 g/mol. The summed E-state index contributed by atoms with van der Waals surface area (Å²) in [4.78, 5) is 10.9. The van der Waals surface area contributed by atoms with Crippen LogP contribution in [0.5, 0.6) is 0 Å². The van der Waals surface area contributed by atoms with Crippen LogP contribution in [0.2, 0.25) is 0 Å². The molecule has 3 nitrogen and oxygen atoms in total. The number of ether oxygens (including phenoxy) is 1. The molecule has 1 unspecified atom stereocenters. The van der Waals surface area contributed by atoms with E-state index < -0.39 is 12.1 Å². The summed E-state index contributed by atoms with van der Waals surface area (Å²) in [6.07, 6.45) is 5.51. The molecule has 1 aromatic carbocycles. The summed E-state index contributed by atoms with van der Waals surface area (Å²) in [6, 6.07) is 9.85. The van der Waals surface area contributed by atoms with Crippen LogP contribution >= 0.6 is 0 Å². The zero-order chi connectivity index (χ0) is 13.2. The maximum absolute atomic E-state index is 10.9. The first-order valence-electron chi connectivity index (χ1n) is 6.30. The van der Waals surface area contributed by atoms with Crippen molar-refractivity contribution in [3.05, 3.63) is 42.0 Å². The smallest absolute Gasteiger partial charge is 0.332 e. The molecule has 0 bridgehead atoms. The van der Waals surface area contributed by atoms with E-state index in [0.717, 1.165) is 18.4 Å². The van der Waals surface area contributed by atoms with Gasteiger partial charge in [0.05, 0.1) is 6.61 Å². The lowest BCUT2D eigenvalue weighted by Gasteiger charge is -2.11. The third-order valence-electron chi connectivity index (χ3n) is 2.60. The number of hydrogen-bond acceptors (Lipinski definition) is 2. The van der Waals surface area contributed by atoms with E-state index in [9.17, 15) is 4.79 Å². The predicted molar refractivity (Wildman–Crippen MR) is 72.4 cm³/mol. The van der Waals surface area contributed by atoms with Crippen LogP contribution in [0.15, 0.2) is 36.4 Å². The highest BCUT2D eigenvalue weighted by Gasteiger charge is 2.16. The van der Waals surface area contributed by atoms with E-state index in [2.05, 4.69) is 0 Å². The molecule has 0 spiro atoms. The van der Waals surface area contributed by atoms with Crippen LogP contribution in [0.4, 0.5) is 0 Å². The number of carbonyl (C=O) groups is 1. The van der Waals surface area contributed by atoms with E-state index in [1.165, 1.54) is 0 Å². The summed E-state index contributed by atoms with van der Waals surface area (Å²) in [7, 11) is 0. The van der Waals surface area contributed by atoms with E-state index in [4.69, 9.17) is 9.84 Å². The van der Waals surface area contributed by atoms with Gasteiger partial charge in [-0.15, -0.1) is 0 Å². The first-order chi connectivity index (χ1) is 8.74. The van der Waals surface area contributed by atoms with E-state index in [0.29, 0.717) is 13.0 Å². The van der Waals surface area contributed by atoms with Crippen LogP contribution in [0.25, 0.3) is 6.08 Å². The molecule has 0 aliphatic rings. The zero-order valence-electron chi connectivity index (χ0n) is 10.7. The molecule has 1 N–H and O–H groups in total. The number of carboxylic acids is 1. The van der Waals surface area contributed by atoms with Gasteiger partial charge in [-0.05, 0) is 12.0 Å². The molecule has 0 saturated heterocycles. The summed E-state index contributed by atoms with van der Waals surface area (Å²) < 4.78 is 5.34. The third-order valence-corrected chi connectivity index (χ3v) is 2.60. The molecule has 3 heteroatoms. The van der Waals surface area contributed by atoms with Crippen molar-refractivity contribution in [3.8, 4) is 0 Å². The molecule has 18 heavy (non-hydrogen) atoms. The molecular formula is C15H20O3. The van der Waals surface area contributed by atoms with Crippen molar-refractivity contribution in [1.29, 1.82) is 0 Å². The van der Waals surface area contributed by atoms with Crippen molar-refractivity contribution >= 4 is 12.0 Å². The Bertz CT molecular complexity index is 371. The zero-order valence-corrected chi connectivity index (χ0v) is 10.7. The number of unbranched alkanes of at least 4 members (excludes halogenated alkanes) is 1. The van der Waals surface area contributed by atoms with Crippen LogP contribution in [0, 0.1) is 0 Å². The lowest BCUT2D eigenvalue weighted by molar-refractivity contribution is -0.150. The highest BCUT2D eigenvalue weighted by molar-refractivity contribution is 5.72. The molecule has 0 aliphatic carbocycles. The van der Waals surface area contributed by atoms with Gasteiger partial charge in [-0.2, -0.15) is 0 Å². The Balaban J connectivity index is 2.34. The molecule has 0 fully saturated rings. The van der Waals surface area contributed by atoms with Crippen LogP contribution in [0.3, 0.4) is 0 Å². The quantitative estimate of drug-likeness (QED) is 0.767. The van der Waals surface area contributed by atoms with Gasteiger partial charge in [0.15, 0.2) is 6.10 Å². The lowest BCUT2D eigenvalue weighted by Crippen LogP contribution is -2.23. The number of rotatable bonds is 8. The summed E-state index contributed by atoms with van der Waals surface area (Å²) in [5, 5.41) is 8.97. The molecule has 1 aromatic rings. The molecule has 0 aliphatic heterocycles. The minimum atomic E-state index is -0.878. The van der Waals surface area contributed by atoms with Gasteiger partial charge >= 0.3 is 5.97 Å². The van der Waals surface area contributed by atoms with E-state index in [-0.39, 0.29) is 0 Å². The predicted octanol–water partition coefficient (Wildman–Crippen LogP) is 3.36. The molecule has 98 valence electrons. The maximum Gasteiger partial charge on any atom is 0.332 e. The average Bonchev–Trinajstić information content (AvgIpc) is 2.38. The summed E-state index contributed by atoms with van der Waals surface area (Å²) in [5.74, 6) is -0.878. The lowest BCUT2D eigenvalue weighted by atomic mass is 10.1. The van der Waals surface area contributed by atoms with Crippen molar-refractivity contribution in [3.63, 3.8) is 0 Å². The molecule has 1 atom stereocenters. The Kier molecular flexibility index (Phi) is 6.81. The van der Waals surface area contributed by atoms with Crippen LogP contribution in [-0.4, -0.2) is 23.8 Å². The topological polar surface area (TPSA) is 46.5 Å². The second kappa shape index (κ2) is 8.48. The van der Waals surface area contributed by atoms with Gasteiger partial charge in [-0.1, -0.05) is 62.2 Å². The van der Waals surface area contributed by atoms with Gasteiger partial charge in [-0.25, -0.2) is 4.79 Å². The minimum absolute atomic E-state index is 0.329. The molecular weight excluding hydrogens is 228 g/mol. The first-order valence-corrected chi connectivity index (χ1v) is 6.30. The molecule has 1 rings (SSSR count). The Morgan fingerprint density at radius 2 is 2.11 bits per heavy atom. The standard InChI is InChI=1S/C15H20O3/c1-2-3-11-14(15(16)17)18-12-7-10-13-8-5-4-6-9-13/h4-10,14H,2-3,11-12H2,1H3,(H,16,17)/b10-7+. The van der Waals surface area contributed by atoms with Crippen LogP contribution < -0.4 is 0 Å². The molecule has 0 aromatic heterocycles. The number of carboxylic acid groups (broad SMARTS) is 1. The van der Waals surface area contributed by atoms with E-state index in [1.54, 1.807) is 0 Å². The van der Waals surface area contributed by atoms with Crippen molar-refractivity contribution in [1.82, 2.24) is 0 Å². The van der Waals surface area contributed by atoms with Gasteiger partial charge in [0, 0.05) is 0 Å². The van der Waals surface area contributed by atoms with Crippen LogP contribution in [0.1, 0.15) is 31.7 Å². The fraction of sp³-hybridized carbons (Fsp3) is 0.400. The first kappa shape index (κ1) is 14.5. The third kappa shape index (κ3) is 5.64. The van der Waals surface area contributed by atoms with E-state index >= 15 is 0 Å². The van der Waals surface area contributed by atoms with Crippen LogP contribution in [-0.2, 0) is 9.53 Å². The second-order valence-electron chi connectivity index (χ2n) is 4.12. The van der Waals surface area contributed by atoms with Crippen molar-refractivity contribution in [2.45, 2.75) is 32.3 Å². The van der Waals surface area contributed by atoms with Gasteiger partial charge in [-0.3, -0.25) is 0 Å². The number of aliphatic carboxylic acids is 1. The minimum Gasteiger partial charge on any atom is -0.479 e. The summed E-state index contributed by atoms with van der Waals surface area (Å²) in [5.41, 5.74) is 1.08. The van der Waals surface area contributed by atoms with Gasteiger partial charge in [0.2, 0.25) is 0 Å². The highest BCUT2D eigenvalue weighted by atomic mass is 16.5. The van der Waals surface area contributed by atoms with E-state index in [1.807, 2.05) is 49.4 Å². The largest absolute Gasteiger partial charge is 0.479 e. The maximum atomic E-state index is 10.9. The monoisotopic (exact) mass is 248 g/mol. The van der Waals surface area contributed by atoms with Crippen molar-refractivity contribution in [2.24, 2.45) is 0 Å². The number of hydrogen-bond donors (Lipinski definition) is 1. The fourth-order valence-corrected chi connectivity index (χ4v) is 1.59. The molecule has 0 heterocycles. The van der Waals surface area contributed by atoms with Crippen molar-refractivity contribution in [2.75, 3.05) is 6.61 Å². The molecule has 0 amide bonds. The Labute approximate surface area is 108 Å². The highest BCUT2D eigenvalue weighted by Crippen LogP contribution is 2.06. The fourth-order valence-electron chi connectivity index (χ4n) is 1.59. The van der Waals surface area contributed by atoms with Crippen molar-refractivity contribution < 1.29 is 14.6 Å². The Hall–Kier alpha value is -1.61. The Morgan fingerprint density at radius 3 is 2.72 bits per heavy atom. The summed E-state index contributed by atoms with van der Waals surface area (Å²) >= 11 is 0. The van der Waals surface area contributed by atoms with Gasteiger partial charge < -0.3 is 9.84 Å². The number of benzene rings is 1. The SMILES string of the molecule is CCCCC(OC/C=C/c1ccccc1)C(=O)O. The summed E-state index contributed by atoms with van der Waals surface area (Å²) in [6.45, 7) is 2.36. The molecule has 0 radical (unpaired) electrons. The second-order valence-corrected chi connectivity index (χ2v) is 4.12. The normalized spacial score (nSPS) is 12.7. The van der Waals surface area contributed by atoms with Gasteiger partial charge in [0.25, 0.3) is 0 Å². The Morgan fingerprint density at radius 1 is 1.39 bits per heavy atom. The van der Waals surface area contributed by atoms with Gasteiger partial charge in [0.1, 0.15) is 0 Å². The molecule has 0 saturated carbocycles.